The number of ketones is 3. The number of hydrogen-bond donors (Lipinski definition) is 3. The van der Waals surface area contributed by atoms with Crippen LogP contribution >= 0.6 is 19.2 Å². The van der Waals surface area contributed by atoms with Gasteiger partial charge in [-0.1, -0.05) is 31.4 Å². The van der Waals surface area contributed by atoms with Crippen molar-refractivity contribution in [2.45, 2.75) is 76.0 Å². The molecule has 3 N–H and O–H groups in total. The van der Waals surface area contributed by atoms with Crippen LogP contribution in [0.5, 0.6) is 5.75 Å². The highest BCUT2D eigenvalue weighted by atomic mass is 35.5. The van der Waals surface area contributed by atoms with Gasteiger partial charge < -0.3 is 28.9 Å². The first-order valence-corrected chi connectivity index (χ1v) is 26.6. The Morgan fingerprint density at radius 2 is 1.55 bits per heavy atom. The van der Waals surface area contributed by atoms with Gasteiger partial charge in [0.05, 0.1) is 64.3 Å². The summed E-state index contributed by atoms with van der Waals surface area (Å²) >= 11 is 6.02. The number of carbonyl (C=O) groups excluding carboxylic acids is 6. The van der Waals surface area contributed by atoms with E-state index in [0.29, 0.717) is 47.9 Å². The molecule has 3 aliphatic rings. The number of imide groups is 1. The summed E-state index contributed by atoms with van der Waals surface area (Å²) in [6.45, 7) is 1.45. The number of carboxylic acid groups (broad SMARTS) is 1. The molecule has 5 rings (SSSR count). The van der Waals surface area contributed by atoms with E-state index >= 15 is 0 Å². The third kappa shape index (κ3) is 18.1. The fraction of sp³-hybridized carbons (Fsp3) is 0.488. The molecule has 0 aromatic heterocycles. The highest BCUT2D eigenvalue weighted by molar-refractivity contribution is 7.94. The van der Waals surface area contributed by atoms with E-state index in [1.165, 1.54) is 6.07 Å². The molecule has 1 unspecified atom stereocenters. The van der Waals surface area contributed by atoms with E-state index < -0.39 is 106 Å². The van der Waals surface area contributed by atoms with E-state index in [0.717, 1.165) is 67.5 Å². The van der Waals surface area contributed by atoms with Crippen LogP contribution in [0.2, 0.25) is 5.02 Å². The van der Waals surface area contributed by atoms with Gasteiger partial charge in [0, 0.05) is 42.4 Å². The molecule has 25 heteroatoms. The lowest BCUT2D eigenvalue weighted by Gasteiger charge is -2.18. The van der Waals surface area contributed by atoms with Crippen molar-refractivity contribution in [3.05, 3.63) is 68.0 Å². The number of hydrogen-bond acceptors (Lipinski definition) is 16. The molecule has 2 aromatic carbocycles. The Morgan fingerprint density at radius 1 is 0.985 bits per heavy atom. The first-order chi connectivity index (χ1) is 30.7. The molecular weight excluding hydrogens is 956 g/mol. The summed E-state index contributed by atoms with van der Waals surface area (Å²) in [6, 6.07) is 4.94. The number of rotatable bonds is 16. The number of halogens is 2. The highest BCUT2D eigenvalue weighted by Crippen LogP contribution is 2.39. The number of sulfone groups is 1. The molecule has 66 heavy (non-hydrogen) atoms. The van der Waals surface area contributed by atoms with E-state index in [4.69, 9.17) is 31.1 Å². The van der Waals surface area contributed by atoms with Crippen LogP contribution in [0.3, 0.4) is 0 Å². The highest BCUT2D eigenvalue weighted by Gasteiger charge is 2.42. The zero-order valence-corrected chi connectivity index (χ0v) is 40.1. The number of unbranched alkanes of at least 4 members (excludes halogenated alkanes) is 2. The van der Waals surface area contributed by atoms with Gasteiger partial charge in [-0.15, -0.1) is 0 Å². The lowest BCUT2D eigenvalue weighted by molar-refractivity contribution is -0.385. The van der Waals surface area contributed by atoms with Crippen molar-refractivity contribution in [3.8, 4) is 5.75 Å². The summed E-state index contributed by atoms with van der Waals surface area (Å²) < 4.78 is 57.9. The molecule has 1 saturated carbocycles. The number of nitrogens with one attached hydrogen (secondary N) is 1. The van der Waals surface area contributed by atoms with Gasteiger partial charge in [0.25, 0.3) is 17.5 Å². The van der Waals surface area contributed by atoms with E-state index in [1.807, 2.05) is 12.2 Å². The van der Waals surface area contributed by atoms with Crippen LogP contribution in [-0.4, -0.2) is 116 Å². The van der Waals surface area contributed by atoms with Crippen molar-refractivity contribution < 1.29 is 80.2 Å². The first kappa shape index (κ1) is 57.2. The third-order valence-corrected chi connectivity index (χ3v) is 11.2. The number of nitrogens with zero attached hydrogens (tertiary/aromatic N) is 2. The monoisotopic (exact) mass is 1010 g/mol. The number of amides is 2. The van der Waals surface area contributed by atoms with Crippen LogP contribution in [0.4, 0.5) is 15.8 Å². The number of nitro groups is 1. The molecule has 0 spiro atoms. The van der Waals surface area contributed by atoms with Crippen molar-refractivity contribution in [1.82, 2.24) is 5.32 Å². The van der Waals surface area contributed by atoms with Crippen LogP contribution in [-0.2, 0) is 58.8 Å². The second kappa shape index (κ2) is 26.4. The summed E-state index contributed by atoms with van der Waals surface area (Å²) in [4.78, 5) is 112. The largest absolute Gasteiger partial charge is 0.778 e. The predicted octanol–water partition coefficient (Wildman–Crippen LogP) is 4.11. The topological polar surface area (TPSA) is 311 Å². The molecule has 2 aliphatic carbocycles. The number of Topliss-reactive ketones (excluding diaryl/α,β-unsaturated/α-hetero) is 3. The normalized spacial score (nSPS) is 15.9. The smallest absolute Gasteiger partial charge is 0.344 e. The minimum Gasteiger partial charge on any atom is -0.778 e. The van der Waals surface area contributed by atoms with Gasteiger partial charge in [-0.3, -0.25) is 44.2 Å². The Hall–Kier alpha value is -4.90. The Labute approximate surface area is 388 Å². The lowest BCUT2D eigenvalue weighted by Crippen LogP contribution is -2.35. The number of carbonyl (C=O) groups is 7. The first-order valence-electron chi connectivity index (χ1n) is 20.1. The number of carboxylic acids is 1. The standard InChI is InChI=1S/C21H23ClFNO5.C14H13NO7S.C3H8NO5P.C3H9S/c1-2-3-6-9-28-19(25)12-29-18-11-17(16(23)10-15(18)22)24-20(26)13-7-4-5-8-14(13)21(24)27;1-23(21,22)8-5-6-9(10(7-8)15(19)20)14(18)13-11(16)3-2-4-12(13)17;5-3(6)1-4-2-10(7,8)9;1-4(2)3/h10-11H,2-9,12H2,1H3;5-7,13H,2-4H2,1H3;4H,1-2H2,(H,5,6)(H2,7,8,9);1-3H3/q;;;+1/p-1. The van der Waals surface area contributed by atoms with Gasteiger partial charge >= 0.3 is 11.9 Å². The SMILES string of the molecule is CCCCCOC(=O)COc1cc(N2C(=O)C3=C(CCCC3)C2=O)c(F)cc1Cl.CS(=O)(=O)c1ccc(C(=O)C2C(=O)CCCC2=O)c([N+](=O)[O-])c1.C[S+](C)C.O=C(O)CNCP(=O)([O-])O. The summed E-state index contributed by atoms with van der Waals surface area (Å²) in [5.74, 6) is -7.19. The van der Waals surface area contributed by atoms with Gasteiger partial charge in [0.15, 0.2) is 33.8 Å². The van der Waals surface area contributed by atoms with E-state index in [9.17, 15) is 65.9 Å². The Kier molecular flexibility index (Phi) is 22.9. The van der Waals surface area contributed by atoms with Crippen molar-refractivity contribution in [3.63, 3.8) is 0 Å². The third-order valence-electron chi connectivity index (χ3n) is 9.19. The second-order valence-electron chi connectivity index (χ2n) is 15.2. The summed E-state index contributed by atoms with van der Waals surface area (Å²) in [5, 5.41) is 21.0. The molecule has 0 radical (unpaired) electrons. The average Bonchev–Trinajstić information content (AvgIpc) is 3.46. The van der Waals surface area contributed by atoms with Crippen molar-refractivity contribution >= 4 is 92.4 Å². The number of ether oxygens (including phenoxy) is 2. The minimum atomic E-state index is -4.35. The fourth-order valence-electron chi connectivity index (χ4n) is 6.23. The fourth-order valence-corrected chi connectivity index (χ4v) is 7.47. The molecule has 1 heterocycles. The van der Waals surface area contributed by atoms with Crippen molar-refractivity contribution in [2.75, 3.05) is 56.0 Å². The molecule has 0 saturated heterocycles. The maximum atomic E-state index is 14.5. The maximum Gasteiger partial charge on any atom is 0.344 e. The zero-order valence-electron chi connectivity index (χ0n) is 36.8. The van der Waals surface area contributed by atoms with Gasteiger partial charge in [-0.2, -0.15) is 0 Å². The second-order valence-corrected chi connectivity index (χ2v) is 21.7. The number of aliphatic carboxylic acids is 1. The molecule has 1 fully saturated rings. The molecule has 1 atom stereocenters. The average molecular weight is 1010 g/mol. The van der Waals surface area contributed by atoms with Crippen LogP contribution in [0.1, 0.15) is 81.5 Å². The molecule has 2 aromatic rings. The Bertz CT molecular complexity index is 2330. The quantitative estimate of drug-likeness (QED) is 0.0245. The molecule has 364 valence electrons. The van der Waals surface area contributed by atoms with E-state index in [1.54, 1.807) is 0 Å². The molecule has 1 aliphatic heterocycles. The number of nitro benzene ring substituents is 1. The molecule has 0 bridgehead atoms. The maximum absolute atomic E-state index is 14.5. The number of anilines is 1. The minimum absolute atomic E-state index is 0.000883. The number of benzene rings is 2. The van der Waals surface area contributed by atoms with E-state index in [-0.39, 0.29) is 34.2 Å². The molecule has 20 nitrogen and oxygen atoms in total. The van der Waals surface area contributed by atoms with Crippen LogP contribution in [0, 0.1) is 21.8 Å². The summed E-state index contributed by atoms with van der Waals surface area (Å²) in [5.41, 5.74) is -0.493. The zero-order chi connectivity index (χ0) is 50.1. The van der Waals surface area contributed by atoms with Gasteiger partial charge in [0.2, 0.25) is 0 Å². The van der Waals surface area contributed by atoms with Crippen LogP contribution in [0.25, 0.3) is 0 Å². The lowest BCUT2D eigenvalue weighted by atomic mass is 9.81. The van der Waals surface area contributed by atoms with E-state index in [2.05, 4.69) is 18.8 Å². The summed E-state index contributed by atoms with van der Waals surface area (Å²) in [6.07, 6.45) is 12.6. The predicted molar refractivity (Wildman–Crippen MR) is 239 cm³/mol. The number of esters is 1. The van der Waals surface area contributed by atoms with Crippen molar-refractivity contribution in [2.24, 2.45) is 5.92 Å². The Morgan fingerprint density at radius 3 is 2.03 bits per heavy atom. The van der Waals surface area contributed by atoms with Gasteiger partial charge in [0.1, 0.15) is 25.1 Å². The Balaban J connectivity index is 0.000000358. The van der Waals surface area contributed by atoms with Gasteiger partial charge in [-0.05, 0) is 67.6 Å². The van der Waals surface area contributed by atoms with Gasteiger partial charge in [-0.25, -0.2) is 22.5 Å². The van der Waals surface area contributed by atoms with Crippen molar-refractivity contribution in [1.29, 1.82) is 0 Å². The van der Waals surface area contributed by atoms with Crippen LogP contribution < -0.4 is 19.8 Å². The molecular formula is C41H52ClFN3O17PS2. The summed E-state index contributed by atoms with van der Waals surface area (Å²) in [7, 11) is -7.40. The molecule has 2 amide bonds. The van der Waals surface area contributed by atoms with Crippen LogP contribution in [0.15, 0.2) is 46.4 Å².